The number of aromatic nitrogens is 4. The third kappa shape index (κ3) is 2.40. The zero-order chi connectivity index (χ0) is 15.0. The van der Waals surface area contributed by atoms with E-state index in [0.717, 1.165) is 33.4 Å². The first-order valence-corrected chi connectivity index (χ1v) is 7.57. The first kappa shape index (κ1) is 14.0. The summed E-state index contributed by atoms with van der Waals surface area (Å²) in [4.78, 5) is 16.4. The highest BCUT2D eigenvalue weighted by molar-refractivity contribution is 9.10. The van der Waals surface area contributed by atoms with Gasteiger partial charge in [0.15, 0.2) is 0 Å². The Hall–Kier alpha value is -1.95. The first-order chi connectivity index (χ1) is 10.1. The lowest BCUT2D eigenvalue weighted by atomic mass is 10.3. The summed E-state index contributed by atoms with van der Waals surface area (Å²) in [5, 5.41) is 4.47. The fraction of sp³-hybridized carbons (Fsp3) is 0.267. The lowest BCUT2D eigenvalue weighted by Gasteiger charge is -2.11. The second-order valence-corrected chi connectivity index (χ2v) is 5.63. The van der Waals surface area contributed by atoms with Crippen LogP contribution in [0.25, 0.3) is 11.0 Å². The van der Waals surface area contributed by atoms with Gasteiger partial charge in [0.1, 0.15) is 0 Å². The van der Waals surface area contributed by atoms with Crippen LogP contribution in [0.5, 0.6) is 0 Å². The molecule has 0 fully saturated rings. The van der Waals surface area contributed by atoms with Crippen molar-refractivity contribution in [3.05, 3.63) is 56.7 Å². The molecule has 3 aromatic rings. The number of hydrogen-bond donors (Lipinski definition) is 0. The Morgan fingerprint density at radius 1 is 1.29 bits per heavy atom. The molecule has 2 heterocycles. The molecule has 0 N–H and O–H groups in total. The lowest BCUT2D eigenvalue weighted by molar-refractivity contribution is 0.595. The third-order valence-corrected chi connectivity index (χ3v) is 4.54. The Labute approximate surface area is 130 Å². The van der Waals surface area contributed by atoms with Crippen LogP contribution in [0.3, 0.4) is 0 Å². The van der Waals surface area contributed by atoms with Crippen LogP contribution in [-0.4, -0.2) is 19.3 Å². The highest BCUT2D eigenvalue weighted by Crippen LogP contribution is 2.22. The van der Waals surface area contributed by atoms with E-state index in [1.807, 2.05) is 42.8 Å². The van der Waals surface area contributed by atoms with Crippen molar-refractivity contribution in [2.75, 3.05) is 0 Å². The van der Waals surface area contributed by atoms with Crippen molar-refractivity contribution in [2.45, 2.75) is 26.9 Å². The Bertz CT molecular complexity index is 866. The second kappa shape index (κ2) is 5.44. The Morgan fingerprint density at radius 2 is 2.05 bits per heavy atom. The monoisotopic (exact) mass is 346 g/mol. The van der Waals surface area contributed by atoms with Crippen LogP contribution in [0, 0.1) is 6.92 Å². The van der Waals surface area contributed by atoms with Crippen LogP contribution < -0.4 is 5.56 Å². The molecule has 0 aliphatic heterocycles. The number of halogens is 1. The van der Waals surface area contributed by atoms with Crippen LogP contribution in [0.1, 0.15) is 18.3 Å². The zero-order valence-electron chi connectivity index (χ0n) is 11.9. The molecule has 0 saturated carbocycles. The number of para-hydroxylation sites is 2. The minimum absolute atomic E-state index is 0.109. The van der Waals surface area contributed by atoms with Crippen LogP contribution in [-0.2, 0) is 13.1 Å². The van der Waals surface area contributed by atoms with Gasteiger partial charge < -0.3 is 0 Å². The van der Waals surface area contributed by atoms with Gasteiger partial charge in [-0.2, -0.15) is 5.10 Å². The standard InChI is InChI=1S/C15H15BrN4O/c1-3-20-13(15(16)10(2)18-20)9-19-12-7-5-4-6-11(12)17-8-14(19)21/h4-8H,3,9H2,1-2H3. The maximum absolute atomic E-state index is 12.2. The van der Waals surface area contributed by atoms with E-state index in [0.29, 0.717) is 6.54 Å². The van der Waals surface area contributed by atoms with Crippen LogP contribution in [0.2, 0.25) is 0 Å². The highest BCUT2D eigenvalue weighted by Gasteiger charge is 2.14. The molecule has 108 valence electrons. The normalized spacial score (nSPS) is 11.2. The topological polar surface area (TPSA) is 52.7 Å². The van der Waals surface area contributed by atoms with Crippen molar-refractivity contribution in [1.29, 1.82) is 0 Å². The van der Waals surface area contributed by atoms with Crippen LogP contribution in [0.4, 0.5) is 0 Å². The lowest BCUT2D eigenvalue weighted by Crippen LogP contribution is -2.22. The summed E-state index contributed by atoms with van der Waals surface area (Å²) < 4.78 is 4.61. The third-order valence-electron chi connectivity index (χ3n) is 3.51. The molecule has 3 rings (SSSR count). The average Bonchev–Trinajstić information content (AvgIpc) is 2.77. The molecule has 0 radical (unpaired) electrons. The molecular formula is C15H15BrN4O. The fourth-order valence-corrected chi connectivity index (χ4v) is 2.86. The summed E-state index contributed by atoms with van der Waals surface area (Å²) in [6.45, 7) is 5.22. The molecule has 0 atom stereocenters. The van der Waals surface area contributed by atoms with Gasteiger partial charge >= 0.3 is 0 Å². The van der Waals surface area contributed by atoms with Crippen molar-refractivity contribution < 1.29 is 0 Å². The molecule has 2 aromatic heterocycles. The van der Waals surface area contributed by atoms with Gasteiger partial charge in [0.25, 0.3) is 5.56 Å². The van der Waals surface area contributed by atoms with Gasteiger partial charge in [-0.1, -0.05) is 12.1 Å². The summed E-state index contributed by atoms with van der Waals surface area (Å²) in [6.07, 6.45) is 1.37. The molecule has 21 heavy (non-hydrogen) atoms. The number of hydrogen-bond acceptors (Lipinski definition) is 3. The SMILES string of the molecule is CCn1nc(C)c(Br)c1Cn1c(=O)cnc2ccccc21. The van der Waals surface area contributed by atoms with Gasteiger partial charge in [0.2, 0.25) is 0 Å². The maximum Gasteiger partial charge on any atom is 0.269 e. The maximum atomic E-state index is 12.2. The molecule has 0 bridgehead atoms. The first-order valence-electron chi connectivity index (χ1n) is 6.78. The molecule has 5 nitrogen and oxygen atoms in total. The predicted molar refractivity (Wildman–Crippen MR) is 85.4 cm³/mol. The van der Waals surface area contributed by atoms with E-state index in [4.69, 9.17) is 0 Å². The summed E-state index contributed by atoms with van der Waals surface area (Å²) >= 11 is 3.57. The predicted octanol–water partition coefficient (Wildman–Crippen LogP) is 2.73. The largest absolute Gasteiger partial charge is 0.299 e. The summed E-state index contributed by atoms with van der Waals surface area (Å²) in [5.41, 5.74) is 3.46. The van der Waals surface area contributed by atoms with Gasteiger partial charge in [-0.25, -0.2) is 4.98 Å². The molecule has 0 amide bonds. The quantitative estimate of drug-likeness (QED) is 0.732. The Kier molecular flexibility index (Phi) is 3.63. The number of benzene rings is 1. The fourth-order valence-electron chi connectivity index (χ4n) is 2.45. The molecule has 6 heteroatoms. The van der Waals surface area contributed by atoms with E-state index >= 15 is 0 Å². The second-order valence-electron chi connectivity index (χ2n) is 4.83. The minimum atomic E-state index is -0.109. The van der Waals surface area contributed by atoms with Crippen LogP contribution >= 0.6 is 15.9 Å². The van der Waals surface area contributed by atoms with Gasteiger partial charge in [0, 0.05) is 6.54 Å². The van der Waals surface area contributed by atoms with Gasteiger partial charge in [0.05, 0.1) is 39.6 Å². The number of nitrogens with zero attached hydrogens (tertiary/aromatic N) is 4. The number of aryl methyl sites for hydroxylation is 2. The van der Waals surface area contributed by atoms with E-state index in [-0.39, 0.29) is 5.56 Å². The molecular weight excluding hydrogens is 332 g/mol. The molecule has 0 spiro atoms. The summed E-state index contributed by atoms with van der Waals surface area (Å²) in [7, 11) is 0. The number of rotatable bonds is 3. The van der Waals surface area contributed by atoms with Gasteiger partial charge in [-0.05, 0) is 41.9 Å². The summed E-state index contributed by atoms with van der Waals surface area (Å²) in [6, 6.07) is 7.65. The van der Waals surface area contributed by atoms with E-state index in [2.05, 4.69) is 26.0 Å². The van der Waals surface area contributed by atoms with Gasteiger partial charge in [-0.3, -0.25) is 14.0 Å². The van der Waals surface area contributed by atoms with Crippen molar-refractivity contribution in [1.82, 2.24) is 19.3 Å². The van der Waals surface area contributed by atoms with E-state index in [1.54, 1.807) is 4.57 Å². The smallest absolute Gasteiger partial charge is 0.269 e. The van der Waals surface area contributed by atoms with Crippen molar-refractivity contribution in [3.8, 4) is 0 Å². The Balaban J connectivity index is 2.19. The van der Waals surface area contributed by atoms with Crippen molar-refractivity contribution in [2.24, 2.45) is 0 Å². The van der Waals surface area contributed by atoms with Gasteiger partial charge in [-0.15, -0.1) is 0 Å². The molecule has 0 aliphatic carbocycles. The molecule has 0 saturated heterocycles. The molecule has 0 aliphatic rings. The summed E-state index contributed by atoms with van der Waals surface area (Å²) in [5.74, 6) is 0. The van der Waals surface area contributed by atoms with E-state index < -0.39 is 0 Å². The Morgan fingerprint density at radius 3 is 2.81 bits per heavy atom. The van der Waals surface area contributed by atoms with E-state index in [1.165, 1.54) is 6.20 Å². The zero-order valence-corrected chi connectivity index (χ0v) is 13.5. The van der Waals surface area contributed by atoms with E-state index in [9.17, 15) is 4.79 Å². The minimum Gasteiger partial charge on any atom is -0.299 e. The van der Waals surface area contributed by atoms with Crippen molar-refractivity contribution in [3.63, 3.8) is 0 Å². The van der Waals surface area contributed by atoms with Crippen molar-refractivity contribution >= 4 is 27.0 Å². The molecule has 0 unspecified atom stereocenters. The molecule has 1 aromatic carbocycles. The number of fused-ring (bicyclic) bond motifs is 1. The van der Waals surface area contributed by atoms with Crippen LogP contribution in [0.15, 0.2) is 39.7 Å². The highest BCUT2D eigenvalue weighted by atomic mass is 79.9. The average molecular weight is 347 g/mol.